The van der Waals surface area contributed by atoms with E-state index in [1.54, 1.807) is 6.92 Å². The SMILES string of the molecule is CC(=O)[C]1[CH][CH][CH][C]1I. The molecule has 0 atom stereocenters. The first kappa shape index (κ1) is 7.51. The lowest BCUT2D eigenvalue weighted by molar-refractivity contribution is -0.114. The molecule has 0 N–H and O–H groups in total. The average Bonchev–Trinajstić information content (AvgIpc) is 2.13. The molecule has 5 radical (unpaired) electrons. The molecule has 9 heavy (non-hydrogen) atoms. The standard InChI is InChI=1S/C7H6IO/c1-5(9)6-3-2-4-7(6)8/h2-4H,1H3. The maximum atomic E-state index is 10.7. The van der Waals surface area contributed by atoms with Crippen LogP contribution in [0.25, 0.3) is 0 Å². The topological polar surface area (TPSA) is 17.1 Å². The Morgan fingerprint density at radius 1 is 1.56 bits per heavy atom. The third kappa shape index (κ3) is 1.66. The number of halogens is 1. The second kappa shape index (κ2) is 2.99. The first-order chi connectivity index (χ1) is 4.22. The van der Waals surface area contributed by atoms with E-state index in [2.05, 4.69) is 22.6 Å². The van der Waals surface area contributed by atoms with Gasteiger partial charge in [-0.05, 0) is 26.2 Å². The predicted octanol–water partition coefficient (Wildman–Crippen LogP) is 1.74. The van der Waals surface area contributed by atoms with Crippen molar-refractivity contribution in [3.05, 3.63) is 29.1 Å². The van der Waals surface area contributed by atoms with Crippen molar-refractivity contribution in [2.75, 3.05) is 0 Å². The molecule has 0 aromatic rings. The molecule has 2 heteroatoms. The van der Waals surface area contributed by atoms with Crippen LogP contribution in [0.1, 0.15) is 6.92 Å². The van der Waals surface area contributed by atoms with Crippen molar-refractivity contribution in [1.29, 1.82) is 0 Å². The van der Waals surface area contributed by atoms with Crippen LogP contribution in [-0.4, -0.2) is 5.78 Å². The van der Waals surface area contributed by atoms with Gasteiger partial charge in [-0.15, -0.1) is 0 Å². The van der Waals surface area contributed by atoms with Gasteiger partial charge in [-0.1, -0.05) is 22.6 Å². The van der Waals surface area contributed by atoms with E-state index in [1.807, 2.05) is 19.3 Å². The van der Waals surface area contributed by atoms with Gasteiger partial charge in [0.25, 0.3) is 0 Å². The number of Topliss-reactive ketones (excluding diaryl/α,β-unsaturated/α-hetero) is 1. The second-order valence-corrected chi connectivity index (χ2v) is 3.01. The van der Waals surface area contributed by atoms with Crippen LogP contribution in [0.4, 0.5) is 0 Å². The highest BCUT2D eigenvalue weighted by Crippen LogP contribution is 2.38. The minimum Gasteiger partial charge on any atom is -0.299 e. The summed E-state index contributed by atoms with van der Waals surface area (Å²) < 4.78 is 1.04. The maximum Gasteiger partial charge on any atom is 0.138 e. The smallest absolute Gasteiger partial charge is 0.138 e. The number of carbonyl (C=O) groups is 1. The normalized spacial score (nSPS) is 22.9. The second-order valence-electron chi connectivity index (χ2n) is 1.84. The van der Waals surface area contributed by atoms with Gasteiger partial charge in [-0.3, -0.25) is 4.79 Å². The van der Waals surface area contributed by atoms with E-state index in [1.165, 1.54) is 0 Å². The Kier molecular flexibility index (Phi) is 2.50. The van der Waals surface area contributed by atoms with Crippen LogP contribution in [0.15, 0.2) is 0 Å². The van der Waals surface area contributed by atoms with E-state index in [4.69, 9.17) is 0 Å². The molecule has 0 bridgehead atoms. The summed E-state index contributed by atoms with van der Waals surface area (Å²) in [5.41, 5.74) is 0. The van der Waals surface area contributed by atoms with E-state index in [9.17, 15) is 4.79 Å². The summed E-state index contributed by atoms with van der Waals surface area (Å²) >= 11 is 2.15. The van der Waals surface area contributed by atoms with Crippen LogP contribution in [0.3, 0.4) is 0 Å². The van der Waals surface area contributed by atoms with Gasteiger partial charge in [-0.25, -0.2) is 0 Å². The molecule has 0 heterocycles. The Morgan fingerprint density at radius 2 is 2.22 bits per heavy atom. The average molecular weight is 233 g/mol. The van der Waals surface area contributed by atoms with Crippen molar-refractivity contribution in [2.24, 2.45) is 0 Å². The molecule has 0 aliphatic heterocycles. The molecule has 1 aliphatic rings. The zero-order valence-electron chi connectivity index (χ0n) is 5.02. The van der Waals surface area contributed by atoms with Gasteiger partial charge in [0.05, 0.1) is 9.84 Å². The number of rotatable bonds is 1. The molecular weight excluding hydrogens is 227 g/mol. The molecule has 1 rings (SSSR count). The molecule has 1 aliphatic carbocycles. The fourth-order valence-electron chi connectivity index (χ4n) is 0.684. The lowest BCUT2D eigenvalue weighted by Crippen LogP contribution is -2.07. The highest BCUT2D eigenvalue weighted by molar-refractivity contribution is 14.1. The lowest BCUT2D eigenvalue weighted by Gasteiger charge is -2.05. The molecule has 0 spiro atoms. The Balaban J connectivity index is 2.49. The van der Waals surface area contributed by atoms with Gasteiger partial charge in [0.2, 0.25) is 0 Å². The monoisotopic (exact) mass is 233 g/mol. The fourth-order valence-corrected chi connectivity index (χ4v) is 1.45. The predicted molar refractivity (Wildman–Crippen MR) is 44.1 cm³/mol. The van der Waals surface area contributed by atoms with Crippen molar-refractivity contribution < 1.29 is 4.79 Å². The lowest BCUT2D eigenvalue weighted by atomic mass is 10.0. The first-order valence-electron chi connectivity index (χ1n) is 2.64. The third-order valence-corrected chi connectivity index (χ3v) is 2.08. The van der Waals surface area contributed by atoms with Gasteiger partial charge >= 0.3 is 0 Å². The van der Waals surface area contributed by atoms with Crippen molar-refractivity contribution in [3.8, 4) is 0 Å². The van der Waals surface area contributed by atoms with Gasteiger partial charge in [-0.2, -0.15) is 0 Å². The summed E-state index contributed by atoms with van der Waals surface area (Å²) in [6.45, 7) is 1.58. The van der Waals surface area contributed by atoms with Crippen LogP contribution < -0.4 is 0 Å². The summed E-state index contributed by atoms with van der Waals surface area (Å²) in [6.07, 6.45) is 5.65. The molecule has 1 nitrogen and oxygen atoms in total. The van der Waals surface area contributed by atoms with Crippen molar-refractivity contribution >= 4 is 28.4 Å². The molecule has 0 saturated heterocycles. The minimum atomic E-state index is 0.143. The van der Waals surface area contributed by atoms with E-state index >= 15 is 0 Å². The van der Waals surface area contributed by atoms with E-state index in [-0.39, 0.29) is 5.78 Å². The summed E-state index contributed by atoms with van der Waals surface area (Å²) in [4.78, 5) is 10.7. The summed E-state index contributed by atoms with van der Waals surface area (Å²) in [5.74, 6) is 0.972. The summed E-state index contributed by atoms with van der Waals surface area (Å²) in [6, 6.07) is 0. The summed E-state index contributed by atoms with van der Waals surface area (Å²) in [5, 5.41) is 0. The van der Waals surface area contributed by atoms with Crippen molar-refractivity contribution in [3.63, 3.8) is 0 Å². The number of hydrogen-bond donors (Lipinski definition) is 0. The number of carbonyl (C=O) groups excluding carboxylic acids is 1. The van der Waals surface area contributed by atoms with E-state index < -0.39 is 0 Å². The van der Waals surface area contributed by atoms with Crippen molar-refractivity contribution in [2.45, 2.75) is 6.92 Å². The molecule has 0 unspecified atom stereocenters. The van der Waals surface area contributed by atoms with Crippen molar-refractivity contribution in [1.82, 2.24) is 0 Å². The number of ketones is 1. The van der Waals surface area contributed by atoms with Gasteiger partial charge < -0.3 is 0 Å². The third-order valence-electron chi connectivity index (χ3n) is 1.14. The van der Waals surface area contributed by atoms with Crippen LogP contribution >= 0.6 is 22.6 Å². The molecular formula is C7H6IO. The Bertz CT molecular complexity index is 122. The zero-order valence-corrected chi connectivity index (χ0v) is 7.18. The van der Waals surface area contributed by atoms with Crippen LogP contribution in [0, 0.1) is 29.1 Å². The molecule has 1 fully saturated rings. The van der Waals surface area contributed by atoms with Gasteiger partial charge in [0.1, 0.15) is 5.78 Å². The van der Waals surface area contributed by atoms with Gasteiger partial charge in [0, 0.05) is 0 Å². The largest absolute Gasteiger partial charge is 0.299 e. The number of hydrogen-bond acceptors (Lipinski definition) is 1. The van der Waals surface area contributed by atoms with Crippen LogP contribution in [0.2, 0.25) is 0 Å². The quantitative estimate of drug-likeness (QED) is 0.630. The first-order valence-corrected chi connectivity index (χ1v) is 3.72. The molecule has 0 aromatic heterocycles. The molecule has 0 aromatic carbocycles. The Hall–Kier alpha value is 0.400. The van der Waals surface area contributed by atoms with Crippen LogP contribution in [-0.2, 0) is 4.79 Å². The molecule has 47 valence electrons. The highest BCUT2D eigenvalue weighted by atomic mass is 127. The fraction of sp³-hybridized carbons (Fsp3) is 0.143. The Labute approximate surface area is 69.3 Å². The molecule has 1 saturated carbocycles. The minimum absolute atomic E-state index is 0.143. The maximum absolute atomic E-state index is 10.7. The van der Waals surface area contributed by atoms with E-state index in [0.29, 0.717) is 0 Å². The zero-order chi connectivity index (χ0) is 6.85. The summed E-state index contributed by atoms with van der Waals surface area (Å²) in [7, 11) is 0. The van der Waals surface area contributed by atoms with Crippen LogP contribution in [0.5, 0.6) is 0 Å². The highest BCUT2D eigenvalue weighted by Gasteiger charge is 2.30. The van der Waals surface area contributed by atoms with E-state index in [0.717, 1.165) is 9.84 Å². The van der Waals surface area contributed by atoms with Gasteiger partial charge in [0.15, 0.2) is 0 Å². The molecule has 0 amide bonds. The Morgan fingerprint density at radius 3 is 2.44 bits per heavy atom.